The van der Waals surface area contributed by atoms with Crippen LogP contribution in [0.4, 0.5) is 10.1 Å². The van der Waals surface area contributed by atoms with Crippen LogP contribution in [0.2, 0.25) is 0 Å². The van der Waals surface area contributed by atoms with Crippen LogP contribution >= 0.6 is 0 Å². The van der Waals surface area contributed by atoms with Crippen molar-refractivity contribution in [2.45, 2.75) is 0 Å². The fraction of sp³-hybridized carbons (Fsp3) is 0.176. The second kappa shape index (κ2) is 8.52. The topological polar surface area (TPSA) is 76.7 Å². The molecule has 0 spiro atoms. The van der Waals surface area contributed by atoms with E-state index < -0.39 is 17.6 Å². The molecule has 6 nitrogen and oxygen atoms in total. The van der Waals surface area contributed by atoms with Gasteiger partial charge in [0.2, 0.25) is 5.91 Å². The van der Waals surface area contributed by atoms with Crippen LogP contribution in [0.1, 0.15) is 0 Å². The average molecular weight is 332 g/mol. The number of ether oxygens (including phenoxy) is 2. The van der Waals surface area contributed by atoms with Gasteiger partial charge in [-0.2, -0.15) is 0 Å². The number of benzene rings is 2. The van der Waals surface area contributed by atoms with Gasteiger partial charge in [-0.1, -0.05) is 6.07 Å². The van der Waals surface area contributed by atoms with Crippen LogP contribution in [-0.2, 0) is 9.59 Å². The third kappa shape index (κ3) is 5.60. The van der Waals surface area contributed by atoms with Crippen molar-refractivity contribution in [1.82, 2.24) is 5.32 Å². The third-order valence-electron chi connectivity index (χ3n) is 2.99. The largest absolute Gasteiger partial charge is 0.497 e. The smallest absolute Gasteiger partial charge is 0.258 e. The first-order valence-corrected chi connectivity index (χ1v) is 7.16. The van der Waals surface area contributed by atoms with E-state index in [-0.39, 0.29) is 13.2 Å². The number of hydrogen-bond acceptors (Lipinski definition) is 4. The molecule has 2 rings (SSSR count). The number of hydrogen-bond donors (Lipinski definition) is 2. The minimum Gasteiger partial charge on any atom is -0.497 e. The molecule has 0 aromatic heterocycles. The van der Waals surface area contributed by atoms with Gasteiger partial charge in [-0.15, -0.1) is 0 Å². The number of rotatable bonds is 7. The van der Waals surface area contributed by atoms with Gasteiger partial charge < -0.3 is 20.1 Å². The van der Waals surface area contributed by atoms with Crippen molar-refractivity contribution in [3.8, 4) is 11.5 Å². The first-order valence-electron chi connectivity index (χ1n) is 7.16. The van der Waals surface area contributed by atoms with Crippen LogP contribution in [0.3, 0.4) is 0 Å². The quantitative estimate of drug-likeness (QED) is 0.813. The van der Waals surface area contributed by atoms with Gasteiger partial charge in [0.05, 0.1) is 13.7 Å². The van der Waals surface area contributed by atoms with E-state index in [1.54, 1.807) is 24.3 Å². The van der Waals surface area contributed by atoms with Crippen LogP contribution in [0.15, 0.2) is 48.5 Å². The molecule has 0 unspecified atom stereocenters. The van der Waals surface area contributed by atoms with Crippen LogP contribution < -0.4 is 20.1 Å². The number of anilines is 1. The maximum Gasteiger partial charge on any atom is 0.258 e. The Kier molecular flexibility index (Phi) is 6.13. The highest BCUT2D eigenvalue weighted by Crippen LogP contribution is 2.18. The molecule has 0 radical (unpaired) electrons. The van der Waals surface area contributed by atoms with E-state index >= 15 is 0 Å². The average Bonchev–Trinajstić information content (AvgIpc) is 2.60. The summed E-state index contributed by atoms with van der Waals surface area (Å²) in [7, 11) is 1.53. The van der Waals surface area contributed by atoms with Crippen LogP contribution in [0.5, 0.6) is 11.5 Å². The maximum atomic E-state index is 12.8. The Labute approximate surface area is 138 Å². The molecule has 0 aliphatic carbocycles. The lowest BCUT2D eigenvalue weighted by Gasteiger charge is -2.09. The highest BCUT2D eigenvalue weighted by Gasteiger charge is 2.07. The number of methoxy groups -OCH3 is 1. The van der Waals surface area contributed by atoms with Gasteiger partial charge in [-0.05, 0) is 36.4 Å². The first kappa shape index (κ1) is 17.3. The fourth-order valence-electron chi connectivity index (χ4n) is 1.81. The van der Waals surface area contributed by atoms with E-state index in [1.807, 2.05) is 0 Å². The number of carbonyl (C=O) groups excluding carboxylic acids is 2. The Morgan fingerprint density at radius 1 is 1.04 bits per heavy atom. The molecular formula is C17H17FN2O4. The van der Waals surface area contributed by atoms with Crippen LogP contribution in [0, 0.1) is 5.82 Å². The van der Waals surface area contributed by atoms with Crippen molar-refractivity contribution < 1.29 is 23.5 Å². The van der Waals surface area contributed by atoms with Crippen molar-refractivity contribution >= 4 is 17.5 Å². The van der Waals surface area contributed by atoms with E-state index in [0.29, 0.717) is 17.2 Å². The summed E-state index contributed by atoms with van der Waals surface area (Å²) in [6.07, 6.45) is 0. The lowest BCUT2D eigenvalue weighted by atomic mass is 10.3. The molecule has 2 aromatic carbocycles. The molecule has 0 aliphatic rings. The third-order valence-corrected chi connectivity index (χ3v) is 2.99. The summed E-state index contributed by atoms with van der Waals surface area (Å²) in [5.41, 5.74) is 0.447. The molecule has 0 aliphatic heterocycles. The van der Waals surface area contributed by atoms with Gasteiger partial charge in [0.15, 0.2) is 6.61 Å². The van der Waals surface area contributed by atoms with E-state index in [0.717, 1.165) is 0 Å². The Hall–Kier alpha value is -3.09. The summed E-state index contributed by atoms with van der Waals surface area (Å²) in [5, 5.41) is 4.97. The van der Waals surface area contributed by atoms with Gasteiger partial charge in [0.25, 0.3) is 5.91 Å². The molecule has 0 saturated carbocycles. The molecular weight excluding hydrogens is 315 g/mol. The van der Waals surface area contributed by atoms with Crippen molar-refractivity contribution in [1.29, 1.82) is 0 Å². The summed E-state index contributed by atoms with van der Waals surface area (Å²) in [6, 6.07) is 12.2. The highest BCUT2D eigenvalue weighted by molar-refractivity contribution is 5.94. The number of halogens is 1. The van der Waals surface area contributed by atoms with Crippen LogP contribution in [-0.4, -0.2) is 32.1 Å². The van der Waals surface area contributed by atoms with Crippen molar-refractivity contribution in [3.63, 3.8) is 0 Å². The zero-order valence-electron chi connectivity index (χ0n) is 13.0. The molecule has 24 heavy (non-hydrogen) atoms. The van der Waals surface area contributed by atoms with E-state index in [2.05, 4.69) is 10.6 Å². The fourth-order valence-corrected chi connectivity index (χ4v) is 1.81. The van der Waals surface area contributed by atoms with Crippen LogP contribution in [0.25, 0.3) is 0 Å². The molecule has 7 heteroatoms. The summed E-state index contributed by atoms with van der Waals surface area (Å²) in [5.74, 6) is -0.147. The van der Waals surface area contributed by atoms with Crippen molar-refractivity contribution in [3.05, 3.63) is 54.3 Å². The summed E-state index contributed by atoms with van der Waals surface area (Å²) in [4.78, 5) is 23.4. The van der Waals surface area contributed by atoms with Gasteiger partial charge >= 0.3 is 0 Å². The van der Waals surface area contributed by atoms with Crippen molar-refractivity contribution in [2.24, 2.45) is 0 Å². The normalized spacial score (nSPS) is 9.92. The molecule has 0 heterocycles. The lowest BCUT2D eigenvalue weighted by molar-refractivity contribution is -0.125. The minimum absolute atomic E-state index is 0.211. The molecule has 0 saturated heterocycles. The predicted molar refractivity (Wildman–Crippen MR) is 86.5 cm³/mol. The molecule has 0 bridgehead atoms. The summed E-state index contributed by atoms with van der Waals surface area (Å²) < 4.78 is 23.1. The molecule has 2 amide bonds. The van der Waals surface area contributed by atoms with E-state index in [1.165, 1.54) is 31.4 Å². The highest BCUT2D eigenvalue weighted by atomic mass is 19.1. The Balaban J connectivity index is 1.72. The summed E-state index contributed by atoms with van der Waals surface area (Å²) >= 11 is 0. The lowest BCUT2D eigenvalue weighted by Crippen LogP contribution is -2.35. The Morgan fingerprint density at radius 2 is 1.75 bits per heavy atom. The summed E-state index contributed by atoms with van der Waals surface area (Å²) in [6.45, 7) is -0.436. The maximum absolute atomic E-state index is 12.8. The number of amides is 2. The van der Waals surface area contributed by atoms with E-state index in [9.17, 15) is 14.0 Å². The van der Waals surface area contributed by atoms with Gasteiger partial charge in [-0.3, -0.25) is 9.59 Å². The monoisotopic (exact) mass is 332 g/mol. The first-order chi connectivity index (χ1) is 11.6. The number of nitrogens with one attached hydrogen (secondary N) is 2. The van der Waals surface area contributed by atoms with Gasteiger partial charge in [0.1, 0.15) is 17.3 Å². The Morgan fingerprint density at radius 3 is 2.46 bits per heavy atom. The molecule has 0 fully saturated rings. The molecule has 0 atom stereocenters. The van der Waals surface area contributed by atoms with E-state index in [4.69, 9.17) is 9.47 Å². The van der Waals surface area contributed by atoms with Gasteiger partial charge in [0, 0.05) is 11.8 Å². The second-order valence-corrected chi connectivity index (χ2v) is 4.80. The molecule has 2 N–H and O–H groups in total. The Bertz CT molecular complexity index is 704. The SMILES string of the molecule is COc1cccc(OCC(=O)NCC(=O)Nc2ccc(F)cc2)c1. The molecule has 2 aromatic rings. The predicted octanol–water partition coefficient (Wildman–Crippen LogP) is 1.97. The van der Waals surface area contributed by atoms with Crippen molar-refractivity contribution in [2.75, 3.05) is 25.6 Å². The zero-order valence-corrected chi connectivity index (χ0v) is 13.0. The molecule has 126 valence electrons. The second-order valence-electron chi connectivity index (χ2n) is 4.80. The zero-order chi connectivity index (χ0) is 17.4. The number of carbonyl (C=O) groups is 2. The van der Waals surface area contributed by atoms with Gasteiger partial charge in [-0.25, -0.2) is 4.39 Å². The standard InChI is InChI=1S/C17H17FN2O4/c1-23-14-3-2-4-15(9-14)24-11-17(22)19-10-16(21)20-13-7-5-12(18)6-8-13/h2-9H,10-11H2,1H3,(H,19,22)(H,20,21). The minimum atomic E-state index is -0.438.